The van der Waals surface area contributed by atoms with Crippen molar-refractivity contribution in [3.8, 4) is 11.5 Å². The fraction of sp³-hybridized carbons (Fsp3) is 0.429. The number of nitrogens with one attached hydrogen (secondary N) is 4. The molecule has 0 bridgehead atoms. The zero-order chi connectivity index (χ0) is 21.1. The minimum atomic E-state index is -0.557. The van der Waals surface area contributed by atoms with E-state index >= 15 is 0 Å². The van der Waals surface area contributed by atoms with Crippen LogP contribution in [0.4, 0.5) is 0 Å². The van der Waals surface area contributed by atoms with Gasteiger partial charge in [-0.3, -0.25) is 19.8 Å². The van der Waals surface area contributed by atoms with Gasteiger partial charge in [-0.05, 0) is 44.4 Å². The largest absolute Gasteiger partial charge is 0.490 e. The number of hydrogen-bond acceptors (Lipinski definition) is 4. The monoisotopic (exact) mass is 400 g/mol. The van der Waals surface area contributed by atoms with Crippen LogP contribution >= 0.6 is 0 Å². The fourth-order valence-electron chi connectivity index (χ4n) is 3.43. The predicted molar refractivity (Wildman–Crippen MR) is 111 cm³/mol. The fourth-order valence-corrected chi connectivity index (χ4v) is 3.43. The smallest absolute Gasteiger partial charge is 0.268 e. The topological polar surface area (TPSA) is 116 Å². The third kappa shape index (κ3) is 4.16. The van der Waals surface area contributed by atoms with Crippen molar-refractivity contribution in [2.45, 2.75) is 40.5 Å². The Balaban J connectivity index is 2.17. The maximum Gasteiger partial charge on any atom is 0.268 e. The highest BCUT2D eigenvalue weighted by Crippen LogP contribution is 2.37. The molecule has 0 aliphatic heterocycles. The molecule has 29 heavy (non-hydrogen) atoms. The van der Waals surface area contributed by atoms with Gasteiger partial charge in [0.25, 0.3) is 11.1 Å². The predicted octanol–water partition coefficient (Wildman–Crippen LogP) is 2.95. The van der Waals surface area contributed by atoms with Crippen molar-refractivity contribution in [1.82, 2.24) is 20.4 Å². The van der Waals surface area contributed by atoms with Gasteiger partial charge in [-0.15, -0.1) is 0 Å². The zero-order valence-electron chi connectivity index (χ0n) is 17.4. The van der Waals surface area contributed by atoms with E-state index in [9.17, 15) is 9.59 Å². The van der Waals surface area contributed by atoms with E-state index in [0.717, 1.165) is 5.56 Å². The van der Waals surface area contributed by atoms with Crippen LogP contribution in [0.5, 0.6) is 11.5 Å². The summed E-state index contributed by atoms with van der Waals surface area (Å²) in [6.07, 6.45) is 0. The Bertz CT molecular complexity index is 1030. The highest BCUT2D eigenvalue weighted by molar-refractivity contribution is 5.50. The highest BCUT2D eigenvalue weighted by Gasteiger charge is 2.29. The summed E-state index contributed by atoms with van der Waals surface area (Å²) >= 11 is 0. The Kier molecular flexibility index (Phi) is 6.00. The second-order valence-electron chi connectivity index (χ2n) is 7.51. The number of ether oxygens (including phenoxy) is 2. The van der Waals surface area contributed by atoms with Crippen LogP contribution in [0.1, 0.15) is 54.8 Å². The normalized spacial score (nSPS) is 11.4. The summed E-state index contributed by atoms with van der Waals surface area (Å²) in [6.45, 7) is 10.7. The van der Waals surface area contributed by atoms with Crippen LogP contribution in [0.25, 0.3) is 0 Å². The van der Waals surface area contributed by atoms with Crippen molar-refractivity contribution in [1.29, 1.82) is 0 Å². The summed E-state index contributed by atoms with van der Waals surface area (Å²) in [4.78, 5) is 25.1. The Morgan fingerprint density at radius 1 is 0.862 bits per heavy atom. The summed E-state index contributed by atoms with van der Waals surface area (Å²) in [5.74, 6) is 1.05. The van der Waals surface area contributed by atoms with E-state index in [1.807, 2.05) is 25.1 Å². The molecule has 0 aliphatic rings. The molecule has 8 nitrogen and oxygen atoms in total. The molecule has 0 unspecified atom stereocenters. The number of aromatic amines is 4. The van der Waals surface area contributed by atoms with Gasteiger partial charge in [0.15, 0.2) is 11.5 Å². The molecule has 4 N–H and O–H groups in total. The van der Waals surface area contributed by atoms with Gasteiger partial charge in [0.2, 0.25) is 0 Å². The van der Waals surface area contributed by atoms with Crippen molar-refractivity contribution in [2.24, 2.45) is 5.92 Å². The molecule has 2 aromatic heterocycles. The first-order valence-corrected chi connectivity index (χ1v) is 9.77. The van der Waals surface area contributed by atoms with Gasteiger partial charge in [-0.25, -0.2) is 0 Å². The standard InChI is InChI=1S/C21H28N4O4/c1-6-28-16-9-14(7-8-15(16)29-10-11(2)3)19(17-12(4)22-24-20(17)26)18-13(5)23-25-21(18)27/h7-9,11,19H,6,10H2,1-5H3,(H2,22,24,26)(H2,23,25,27). The van der Waals surface area contributed by atoms with E-state index in [1.165, 1.54) is 0 Å². The molecule has 1 aromatic carbocycles. The number of H-pyrrole nitrogens is 4. The molecule has 0 atom stereocenters. The first-order chi connectivity index (χ1) is 13.8. The van der Waals surface area contributed by atoms with Gasteiger partial charge < -0.3 is 19.7 Å². The quantitative estimate of drug-likeness (QED) is 0.465. The number of rotatable bonds is 8. The number of benzene rings is 1. The highest BCUT2D eigenvalue weighted by atomic mass is 16.5. The SMILES string of the molecule is CCOc1cc(C(c2c(C)[nH][nH]c2=O)c2c(C)[nH][nH]c2=O)ccc1OCC(C)C. The Morgan fingerprint density at radius 3 is 1.90 bits per heavy atom. The minimum absolute atomic E-state index is 0.259. The Hall–Kier alpha value is -3.16. The average Bonchev–Trinajstić information content (AvgIpc) is 3.18. The summed E-state index contributed by atoms with van der Waals surface area (Å²) in [7, 11) is 0. The van der Waals surface area contributed by atoms with Gasteiger partial charge in [0.1, 0.15) is 0 Å². The van der Waals surface area contributed by atoms with Gasteiger partial charge in [-0.2, -0.15) is 0 Å². The molecule has 0 fully saturated rings. The molecular formula is C21H28N4O4. The maximum atomic E-state index is 12.6. The Labute approximate surface area is 168 Å². The van der Waals surface area contributed by atoms with Gasteiger partial charge >= 0.3 is 0 Å². The molecule has 3 aromatic rings. The van der Waals surface area contributed by atoms with Crippen LogP contribution < -0.4 is 20.6 Å². The van der Waals surface area contributed by atoms with Gasteiger partial charge in [0, 0.05) is 17.3 Å². The van der Waals surface area contributed by atoms with E-state index < -0.39 is 5.92 Å². The average molecular weight is 400 g/mol. The molecular weight excluding hydrogens is 372 g/mol. The van der Waals surface area contributed by atoms with E-state index in [1.54, 1.807) is 13.8 Å². The third-order valence-corrected chi connectivity index (χ3v) is 4.77. The van der Waals surface area contributed by atoms with Crippen molar-refractivity contribution < 1.29 is 9.47 Å². The third-order valence-electron chi connectivity index (χ3n) is 4.77. The molecule has 0 saturated heterocycles. The molecule has 0 radical (unpaired) electrons. The molecule has 156 valence electrons. The van der Waals surface area contributed by atoms with Crippen LogP contribution in [-0.4, -0.2) is 33.6 Å². The van der Waals surface area contributed by atoms with Crippen molar-refractivity contribution in [3.63, 3.8) is 0 Å². The lowest BCUT2D eigenvalue weighted by molar-refractivity contribution is 0.248. The van der Waals surface area contributed by atoms with Crippen LogP contribution in [0.15, 0.2) is 27.8 Å². The molecule has 0 amide bonds. The zero-order valence-corrected chi connectivity index (χ0v) is 17.4. The maximum absolute atomic E-state index is 12.6. The van der Waals surface area contributed by atoms with Crippen LogP contribution in [0.3, 0.4) is 0 Å². The molecule has 0 spiro atoms. The Morgan fingerprint density at radius 2 is 1.45 bits per heavy atom. The molecule has 0 aliphatic carbocycles. The van der Waals surface area contributed by atoms with E-state index in [0.29, 0.717) is 53.1 Å². The lowest BCUT2D eigenvalue weighted by Gasteiger charge is -2.19. The van der Waals surface area contributed by atoms with Gasteiger partial charge in [-0.1, -0.05) is 19.9 Å². The van der Waals surface area contributed by atoms with E-state index in [4.69, 9.17) is 9.47 Å². The summed E-state index contributed by atoms with van der Waals surface area (Å²) in [6, 6.07) is 5.56. The van der Waals surface area contributed by atoms with Crippen LogP contribution in [0.2, 0.25) is 0 Å². The lowest BCUT2D eigenvalue weighted by atomic mass is 9.85. The first-order valence-electron chi connectivity index (χ1n) is 9.77. The molecule has 2 heterocycles. The summed E-state index contributed by atoms with van der Waals surface area (Å²) in [5, 5.41) is 10.9. The minimum Gasteiger partial charge on any atom is -0.490 e. The van der Waals surface area contributed by atoms with Crippen molar-refractivity contribution in [2.75, 3.05) is 13.2 Å². The second-order valence-corrected chi connectivity index (χ2v) is 7.51. The first kappa shape index (κ1) is 20.6. The van der Waals surface area contributed by atoms with Crippen LogP contribution in [-0.2, 0) is 0 Å². The molecule has 0 saturated carbocycles. The number of aryl methyl sites for hydroxylation is 2. The second kappa shape index (κ2) is 8.46. The summed E-state index contributed by atoms with van der Waals surface area (Å²) < 4.78 is 11.7. The van der Waals surface area contributed by atoms with E-state index in [2.05, 4.69) is 34.2 Å². The molecule has 8 heteroatoms. The summed E-state index contributed by atoms with van der Waals surface area (Å²) in [5.41, 5.74) is 2.60. The lowest BCUT2D eigenvalue weighted by Crippen LogP contribution is -2.20. The van der Waals surface area contributed by atoms with Crippen molar-refractivity contribution >= 4 is 0 Å². The van der Waals surface area contributed by atoms with E-state index in [-0.39, 0.29) is 11.1 Å². The van der Waals surface area contributed by atoms with Gasteiger partial charge in [0.05, 0.1) is 24.3 Å². The number of hydrogen-bond donors (Lipinski definition) is 4. The molecule has 3 rings (SSSR count). The van der Waals surface area contributed by atoms with Crippen molar-refractivity contribution in [3.05, 3.63) is 67.0 Å². The number of aromatic nitrogens is 4. The van der Waals surface area contributed by atoms with Crippen LogP contribution in [0, 0.1) is 19.8 Å².